The SMILES string of the molecule is CC[C@H](CNC(=O)c1ccc(F)cc1F)N1CCCC1. The van der Waals surface area contributed by atoms with Gasteiger partial charge in [0.15, 0.2) is 0 Å². The summed E-state index contributed by atoms with van der Waals surface area (Å²) in [5.74, 6) is -1.99. The van der Waals surface area contributed by atoms with Gasteiger partial charge in [-0.25, -0.2) is 8.78 Å². The van der Waals surface area contributed by atoms with Gasteiger partial charge in [-0.3, -0.25) is 9.69 Å². The molecule has 1 saturated heterocycles. The normalized spacial score (nSPS) is 17.1. The van der Waals surface area contributed by atoms with E-state index in [4.69, 9.17) is 0 Å². The minimum atomic E-state index is -0.822. The highest BCUT2D eigenvalue weighted by molar-refractivity contribution is 5.94. The zero-order valence-electron chi connectivity index (χ0n) is 11.7. The van der Waals surface area contributed by atoms with Gasteiger partial charge >= 0.3 is 0 Å². The van der Waals surface area contributed by atoms with Gasteiger partial charge < -0.3 is 5.32 Å². The van der Waals surface area contributed by atoms with Gasteiger partial charge in [0.2, 0.25) is 0 Å². The van der Waals surface area contributed by atoms with E-state index in [0.717, 1.165) is 31.6 Å². The van der Waals surface area contributed by atoms with E-state index in [2.05, 4.69) is 17.1 Å². The minimum Gasteiger partial charge on any atom is -0.350 e. The third-order valence-corrected chi connectivity index (χ3v) is 3.80. The van der Waals surface area contributed by atoms with E-state index in [1.807, 2.05) is 0 Å². The van der Waals surface area contributed by atoms with Crippen LogP contribution in [0.4, 0.5) is 8.78 Å². The summed E-state index contributed by atoms with van der Waals surface area (Å²) in [6.07, 6.45) is 3.32. The molecule has 2 rings (SSSR count). The first-order valence-corrected chi connectivity index (χ1v) is 7.09. The number of carbonyl (C=O) groups excluding carboxylic acids is 1. The summed E-state index contributed by atoms with van der Waals surface area (Å²) in [4.78, 5) is 14.3. The predicted molar refractivity (Wildman–Crippen MR) is 73.6 cm³/mol. The van der Waals surface area contributed by atoms with Crippen molar-refractivity contribution in [2.24, 2.45) is 0 Å². The maximum Gasteiger partial charge on any atom is 0.254 e. The van der Waals surface area contributed by atoms with Crippen molar-refractivity contribution in [3.8, 4) is 0 Å². The molecule has 0 aliphatic carbocycles. The molecule has 0 bridgehead atoms. The van der Waals surface area contributed by atoms with Gasteiger partial charge in [-0.1, -0.05) is 6.92 Å². The largest absolute Gasteiger partial charge is 0.350 e. The Morgan fingerprint density at radius 3 is 2.65 bits per heavy atom. The maximum absolute atomic E-state index is 13.5. The molecule has 1 fully saturated rings. The summed E-state index contributed by atoms with van der Waals surface area (Å²) in [6, 6.07) is 3.28. The van der Waals surface area contributed by atoms with E-state index >= 15 is 0 Å². The van der Waals surface area contributed by atoms with Gasteiger partial charge in [-0.2, -0.15) is 0 Å². The first-order chi connectivity index (χ1) is 9.61. The van der Waals surface area contributed by atoms with Gasteiger partial charge in [0, 0.05) is 18.7 Å². The van der Waals surface area contributed by atoms with Crippen LogP contribution < -0.4 is 5.32 Å². The molecule has 3 nitrogen and oxygen atoms in total. The fraction of sp³-hybridized carbons (Fsp3) is 0.533. The van der Waals surface area contributed by atoms with E-state index in [1.165, 1.54) is 18.9 Å². The number of rotatable bonds is 5. The van der Waals surface area contributed by atoms with Crippen molar-refractivity contribution < 1.29 is 13.6 Å². The van der Waals surface area contributed by atoms with Crippen LogP contribution in [0.3, 0.4) is 0 Å². The lowest BCUT2D eigenvalue weighted by molar-refractivity contribution is 0.0933. The van der Waals surface area contributed by atoms with E-state index in [0.29, 0.717) is 6.54 Å². The smallest absolute Gasteiger partial charge is 0.254 e. The van der Waals surface area contributed by atoms with Crippen molar-refractivity contribution in [2.75, 3.05) is 19.6 Å². The zero-order chi connectivity index (χ0) is 14.5. The standard InChI is InChI=1S/C15H20F2N2O/c1-2-12(19-7-3-4-8-19)10-18-15(20)13-6-5-11(16)9-14(13)17/h5-6,9,12H,2-4,7-8,10H2,1H3,(H,18,20)/t12-/m1/s1. The van der Waals surface area contributed by atoms with E-state index < -0.39 is 17.5 Å². The molecule has 1 aromatic carbocycles. The topological polar surface area (TPSA) is 32.3 Å². The fourth-order valence-corrected chi connectivity index (χ4v) is 2.62. The molecule has 1 N–H and O–H groups in total. The van der Waals surface area contributed by atoms with E-state index in [-0.39, 0.29) is 11.6 Å². The zero-order valence-corrected chi connectivity index (χ0v) is 11.7. The molecule has 0 radical (unpaired) electrons. The van der Waals surface area contributed by atoms with Crippen LogP contribution in [0.1, 0.15) is 36.5 Å². The Morgan fingerprint density at radius 1 is 1.35 bits per heavy atom. The second-order valence-electron chi connectivity index (χ2n) is 5.14. The van der Waals surface area contributed by atoms with Crippen molar-refractivity contribution >= 4 is 5.91 Å². The molecular formula is C15H20F2N2O. The lowest BCUT2D eigenvalue weighted by Gasteiger charge is -2.26. The molecule has 110 valence electrons. The van der Waals surface area contributed by atoms with Crippen LogP contribution in [0.2, 0.25) is 0 Å². The highest BCUT2D eigenvalue weighted by Gasteiger charge is 2.21. The van der Waals surface area contributed by atoms with Crippen LogP contribution >= 0.6 is 0 Å². The van der Waals surface area contributed by atoms with Gasteiger partial charge in [0.1, 0.15) is 11.6 Å². The minimum absolute atomic E-state index is 0.109. The number of amides is 1. The van der Waals surface area contributed by atoms with E-state index in [1.54, 1.807) is 0 Å². The molecule has 1 heterocycles. The summed E-state index contributed by atoms with van der Waals surface area (Å²) in [5.41, 5.74) is -0.109. The number of hydrogen-bond acceptors (Lipinski definition) is 2. The average molecular weight is 282 g/mol. The predicted octanol–water partition coefficient (Wildman–Crippen LogP) is 2.57. The number of likely N-dealkylation sites (tertiary alicyclic amines) is 1. The van der Waals surface area contributed by atoms with Gasteiger partial charge in [-0.05, 0) is 44.5 Å². The molecule has 20 heavy (non-hydrogen) atoms. The number of halogens is 2. The fourth-order valence-electron chi connectivity index (χ4n) is 2.62. The molecule has 0 spiro atoms. The number of carbonyl (C=O) groups is 1. The molecule has 0 saturated carbocycles. The van der Waals surface area contributed by atoms with E-state index in [9.17, 15) is 13.6 Å². The monoisotopic (exact) mass is 282 g/mol. The summed E-state index contributed by atoms with van der Waals surface area (Å²) in [5, 5.41) is 2.74. The quantitative estimate of drug-likeness (QED) is 0.900. The van der Waals surface area contributed by atoms with Crippen LogP contribution in [0.15, 0.2) is 18.2 Å². The Balaban J connectivity index is 1.93. The highest BCUT2D eigenvalue weighted by atomic mass is 19.1. The molecule has 1 aliphatic heterocycles. The number of benzene rings is 1. The average Bonchev–Trinajstić information content (AvgIpc) is 2.93. The third-order valence-electron chi connectivity index (χ3n) is 3.80. The second-order valence-corrected chi connectivity index (χ2v) is 5.14. The summed E-state index contributed by atoms with van der Waals surface area (Å²) >= 11 is 0. The Hall–Kier alpha value is -1.49. The second kappa shape index (κ2) is 6.79. The Kier molecular flexibility index (Phi) is 5.06. The van der Waals surface area contributed by atoms with Crippen LogP contribution in [-0.2, 0) is 0 Å². The highest BCUT2D eigenvalue weighted by Crippen LogP contribution is 2.14. The van der Waals surface area contributed by atoms with Crippen molar-refractivity contribution in [2.45, 2.75) is 32.2 Å². The molecule has 0 aromatic heterocycles. The van der Waals surface area contributed by atoms with Gasteiger partial charge in [0.25, 0.3) is 5.91 Å². The van der Waals surface area contributed by atoms with Gasteiger partial charge in [-0.15, -0.1) is 0 Å². The number of hydrogen-bond donors (Lipinski definition) is 1. The lowest BCUT2D eigenvalue weighted by Crippen LogP contribution is -2.42. The summed E-state index contributed by atoms with van der Waals surface area (Å²) < 4.78 is 26.3. The van der Waals surface area contributed by atoms with Crippen LogP contribution in [0.25, 0.3) is 0 Å². The molecule has 1 aromatic rings. The van der Waals surface area contributed by atoms with Crippen molar-refractivity contribution in [3.63, 3.8) is 0 Å². The Morgan fingerprint density at radius 2 is 2.05 bits per heavy atom. The Bertz CT molecular complexity index is 473. The number of nitrogens with zero attached hydrogens (tertiary/aromatic N) is 1. The van der Waals surface area contributed by atoms with Crippen molar-refractivity contribution in [1.29, 1.82) is 0 Å². The molecular weight excluding hydrogens is 262 g/mol. The lowest BCUT2D eigenvalue weighted by atomic mass is 10.1. The first-order valence-electron chi connectivity index (χ1n) is 7.09. The van der Waals surface area contributed by atoms with Crippen LogP contribution in [0.5, 0.6) is 0 Å². The van der Waals surface area contributed by atoms with Crippen molar-refractivity contribution in [1.82, 2.24) is 10.2 Å². The number of nitrogens with one attached hydrogen (secondary N) is 1. The molecule has 1 amide bonds. The molecule has 5 heteroatoms. The summed E-state index contributed by atoms with van der Waals surface area (Å²) in [7, 11) is 0. The molecule has 1 atom stereocenters. The van der Waals surface area contributed by atoms with Crippen LogP contribution in [0, 0.1) is 11.6 Å². The van der Waals surface area contributed by atoms with Crippen molar-refractivity contribution in [3.05, 3.63) is 35.4 Å². The first kappa shape index (κ1) is 14.9. The van der Waals surface area contributed by atoms with Crippen LogP contribution in [-0.4, -0.2) is 36.5 Å². The van der Waals surface area contributed by atoms with Gasteiger partial charge in [0.05, 0.1) is 5.56 Å². The Labute approximate surface area is 118 Å². The molecule has 0 unspecified atom stereocenters. The summed E-state index contributed by atoms with van der Waals surface area (Å²) in [6.45, 7) is 4.68. The third kappa shape index (κ3) is 3.54. The molecule has 1 aliphatic rings. The maximum atomic E-state index is 13.5.